The van der Waals surface area contributed by atoms with Gasteiger partial charge in [0.1, 0.15) is 5.75 Å². The van der Waals surface area contributed by atoms with Crippen LogP contribution in [0.5, 0.6) is 5.75 Å². The topological polar surface area (TPSA) is 81.2 Å². The number of ether oxygens (including phenoxy) is 1. The predicted octanol–water partition coefficient (Wildman–Crippen LogP) is 3.51. The number of rotatable bonds is 6. The smallest absolute Gasteiger partial charge is 0.261 e. The van der Waals surface area contributed by atoms with E-state index in [9.17, 15) is 9.59 Å². The molecule has 6 nitrogen and oxygen atoms in total. The van der Waals surface area contributed by atoms with Crippen LogP contribution in [0.25, 0.3) is 11.3 Å². The SMILES string of the molecule is COc1ccccc1C(=O)NC(=O)CSc1nc(C)cc(-c2ccccc2)n1. The van der Waals surface area contributed by atoms with E-state index >= 15 is 0 Å². The number of nitrogens with one attached hydrogen (secondary N) is 1. The molecule has 2 amide bonds. The van der Waals surface area contributed by atoms with Crippen LogP contribution in [-0.4, -0.2) is 34.6 Å². The number of hydrogen-bond donors (Lipinski definition) is 1. The van der Waals surface area contributed by atoms with Gasteiger partial charge in [-0.2, -0.15) is 0 Å². The van der Waals surface area contributed by atoms with Gasteiger partial charge in [-0.3, -0.25) is 14.9 Å². The van der Waals surface area contributed by atoms with Gasteiger partial charge < -0.3 is 4.74 Å². The normalized spacial score (nSPS) is 10.4. The van der Waals surface area contributed by atoms with E-state index in [0.717, 1.165) is 17.0 Å². The molecule has 0 bridgehead atoms. The van der Waals surface area contributed by atoms with Gasteiger partial charge in [-0.15, -0.1) is 0 Å². The van der Waals surface area contributed by atoms with Crippen LogP contribution in [-0.2, 0) is 4.79 Å². The third-order valence-electron chi connectivity index (χ3n) is 3.84. The zero-order valence-corrected chi connectivity index (χ0v) is 16.3. The lowest BCUT2D eigenvalue weighted by atomic mass is 10.1. The molecule has 0 atom stereocenters. The number of methoxy groups -OCH3 is 1. The summed E-state index contributed by atoms with van der Waals surface area (Å²) in [7, 11) is 1.48. The molecule has 142 valence electrons. The van der Waals surface area contributed by atoms with E-state index in [1.165, 1.54) is 18.9 Å². The fourth-order valence-electron chi connectivity index (χ4n) is 2.56. The van der Waals surface area contributed by atoms with Crippen molar-refractivity contribution in [3.8, 4) is 17.0 Å². The molecular formula is C21H19N3O3S. The summed E-state index contributed by atoms with van der Waals surface area (Å²) in [6, 6.07) is 18.4. The maximum Gasteiger partial charge on any atom is 0.261 e. The minimum absolute atomic E-state index is 0.0264. The van der Waals surface area contributed by atoms with Gasteiger partial charge in [0.25, 0.3) is 5.91 Å². The van der Waals surface area contributed by atoms with Gasteiger partial charge in [0.05, 0.1) is 24.1 Å². The number of aromatic nitrogens is 2. The van der Waals surface area contributed by atoms with Gasteiger partial charge in [-0.1, -0.05) is 54.2 Å². The van der Waals surface area contributed by atoms with E-state index in [1.807, 2.05) is 43.3 Å². The molecule has 0 radical (unpaired) electrons. The summed E-state index contributed by atoms with van der Waals surface area (Å²) < 4.78 is 5.15. The Morgan fingerprint density at radius 1 is 1.04 bits per heavy atom. The number of hydrogen-bond acceptors (Lipinski definition) is 6. The van der Waals surface area contributed by atoms with Crippen molar-refractivity contribution in [2.24, 2.45) is 0 Å². The Labute approximate surface area is 167 Å². The van der Waals surface area contributed by atoms with E-state index in [-0.39, 0.29) is 5.75 Å². The lowest BCUT2D eigenvalue weighted by Gasteiger charge is -2.08. The van der Waals surface area contributed by atoms with Crippen molar-refractivity contribution >= 4 is 23.6 Å². The summed E-state index contributed by atoms with van der Waals surface area (Å²) in [5.41, 5.74) is 2.88. The standard InChI is InChI=1S/C21H19N3O3S/c1-14-12-17(15-8-4-3-5-9-15)23-21(22-14)28-13-19(25)24-20(26)16-10-6-7-11-18(16)27-2/h3-12H,13H2,1-2H3,(H,24,25,26). The number of carbonyl (C=O) groups excluding carboxylic acids is 2. The first-order valence-electron chi connectivity index (χ1n) is 8.58. The van der Waals surface area contributed by atoms with Gasteiger partial charge in [0.15, 0.2) is 5.16 Å². The number of carbonyl (C=O) groups is 2. The molecule has 0 aliphatic rings. The molecule has 1 heterocycles. The summed E-state index contributed by atoms with van der Waals surface area (Å²) in [6.45, 7) is 1.88. The van der Waals surface area contributed by atoms with Crippen molar-refractivity contribution in [2.45, 2.75) is 12.1 Å². The zero-order valence-electron chi connectivity index (χ0n) is 15.5. The highest BCUT2D eigenvalue weighted by Gasteiger charge is 2.15. The van der Waals surface area contributed by atoms with E-state index in [1.54, 1.807) is 24.3 Å². The first-order chi connectivity index (χ1) is 13.6. The summed E-state index contributed by atoms with van der Waals surface area (Å²) in [5, 5.41) is 2.85. The number of imide groups is 1. The zero-order chi connectivity index (χ0) is 19.9. The maximum atomic E-state index is 12.3. The van der Waals surface area contributed by atoms with Crippen LogP contribution in [0.2, 0.25) is 0 Å². The first kappa shape index (κ1) is 19.6. The Balaban J connectivity index is 1.65. The Bertz CT molecular complexity index is 993. The average Bonchev–Trinajstić information content (AvgIpc) is 2.72. The fourth-order valence-corrected chi connectivity index (χ4v) is 3.26. The lowest BCUT2D eigenvalue weighted by molar-refractivity contribution is -0.117. The van der Waals surface area contributed by atoms with E-state index in [4.69, 9.17) is 4.74 Å². The van der Waals surface area contributed by atoms with E-state index in [2.05, 4.69) is 15.3 Å². The van der Waals surface area contributed by atoms with E-state index < -0.39 is 11.8 Å². The van der Waals surface area contributed by atoms with Crippen LogP contribution in [0.4, 0.5) is 0 Å². The number of benzene rings is 2. The molecule has 0 saturated carbocycles. The van der Waals surface area contributed by atoms with Crippen LogP contribution >= 0.6 is 11.8 Å². The van der Waals surface area contributed by atoms with Crippen molar-refractivity contribution in [3.63, 3.8) is 0 Å². The third-order valence-corrected chi connectivity index (χ3v) is 4.69. The molecule has 2 aromatic carbocycles. The monoisotopic (exact) mass is 393 g/mol. The molecule has 1 N–H and O–H groups in total. The fraction of sp³-hybridized carbons (Fsp3) is 0.143. The number of aryl methyl sites for hydroxylation is 1. The van der Waals surface area contributed by atoms with Gasteiger partial charge in [-0.05, 0) is 25.1 Å². The number of amides is 2. The molecule has 3 rings (SSSR count). The molecule has 0 unspecified atom stereocenters. The molecule has 0 aliphatic carbocycles. The molecule has 0 fully saturated rings. The molecule has 0 aliphatic heterocycles. The Hall–Kier alpha value is -3.19. The largest absolute Gasteiger partial charge is 0.496 e. The van der Waals surface area contributed by atoms with E-state index in [0.29, 0.717) is 16.5 Å². The molecule has 3 aromatic rings. The summed E-state index contributed by atoms with van der Waals surface area (Å²) in [4.78, 5) is 33.3. The molecule has 0 saturated heterocycles. The van der Waals surface area contributed by atoms with Crippen LogP contribution in [0.1, 0.15) is 16.1 Å². The van der Waals surface area contributed by atoms with Gasteiger partial charge in [-0.25, -0.2) is 9.97 Å². The Kier molecular flexibility index (Phi) is 6.39. The highest BCUT2D eigenvalue weighted by Crippen LogP contribution is 2.22. The highest BCUT2D eigenvalue weighted by molar-refractivity contribution is 7.99. The maximum absolute atomic E-state index is 12.3. The molecule has 1 aromatic heterocycles. The van der Waals surface area contributed by atoms with Crippen molar-refractivity contribution in [3.05, 3.63) is 71.9 Å². The minimum Gasteiger partial charge on any atom is -0.496 e. The summed E-state index contributed by atoms with van der Waals surface area (Å²) >= 11 is 1.18. The Morgan fingerprint density at radius 3 is 2.50 bits per heavy atom. The second-order valence-electron chi connectivity index (χ2n) is 5.91. The molecule has 28 heavy (non-hydrogen) atoms. The second-order valence-corrected chi connectivity index (χ2v) is 6.85. The predicted molar refractivity (Wildman–Crippen MR) is 108 cm³/mol. The van der Waals surface area contributed by atoms with Gasteiger partial charge in [0, 0.05) is 11.3 Å². The number of thioether (sulfide) groups is 1. The number of para-hydroxylation sites is 1. The van der Waals surface area contributed by atoms with Gasteiger partial charge in [0.2, 0.25) is 5.91 Å². The third kappa shape index (κ3) is 4.95. The van der Waals surface area contributed by atoms with Crippen LogP contribution in [0.3, 0.4) is 0 Å². The van der Waals surface area contributed by atoms with Crippen molar-refractivity contribution in [2.75, 3.05) is 12.9 Å². The molecule has 7 heteroatoms. The number of nitrogens with zero attached hydrogens (tertiary/aromatic N) is 2. The highest BCUT2D eigenvalue weighted by atomic mass is 32.2. The van der Waals surface area contributed by atoms with Crippen molar-refractivity contribution in [1.29, 1.82) is 0 Å². The van der Waals surface area contributed by atoms with Crippen LogP contribution < -0.4 is 10.1 Å². The summed E-state index contributed by atoms with van der Waals surface area (Å²) in [6.07, 6.45) is 0. The first-order valence-corrected chi connectivity index (χ1v) is 9.56. The summed E-state index contributed by atoms with van der Waals surface area (Å²) in [5.74, 6) is -0.487. The minimum atomic E-state index is -0.502. The quantitative estimate of drug-likeness (QED) is 0.510. The van der Waals surface area contributed by atoms with Crippen molar-refractivity contribution in [1.82, 2.24) is 15.3 Å². The Morgan fingerprint density at radius 2 is 1.75 bits per heavy atom. The lowest BCUT2D eigenvalue weighted by Crippen LogP contribution is -2.32. The second kappa shape index (κ2) is 9.14. The molecular weight excluding hydrogens is 374 g/mol. The van der Waals surface area contributed by atoms with Gasteiger partial charge >= 0.3 is 0 Å². The molecule has 0 spiro atoms. The van der Waals surface area contributed by atoms with Crippen LogP contribution in [0.15, 0.2) is 65.8 Å². The van der Waals surface area contributed by atoms with Crippen LogP contribution in [0, 0.1) is 6.92 Å². The van der Waals surface area contributed by atoms with Crippen molar-refractivity contribution < 1.29 is 14.3 Å². The average molecular weight is 393 g/mol.